The molecule has 0 saturated heterocycles. The van der Waals surface area contributed by atoms with E-state index >= 15 is 0 Å². The Balaban J connectivity index is 2.24. The number of rotatable bonds is 3. The van der Waals surface area contributed by atoms with Gasteiger partial charge in [-0.3, -0.25) is 9.38 Å². The summed E-state index contributed by atoms with van der Waals surface area (Å²) < 4.78 is 2.18. The van der Waals surface area contributed by atoms with Crippen molar-refractivity contribution < 1.29 is 0 Å². The highest BCUT2D eigenvalue weighted by molar-refractivity contribution is 7.15. The molecule has 92 valence electrons. The molecule has 0 spiro atoms. The molecule has 0 fully saturated rings. The Labute approximate surface area is 109 Å². The van der Waals surface area contributed by atoms with Crippen LogP contribution >= 0.6 is 11.3 Å². The van der Waals surface area contributed by atoms with Gasteiger partial charge in [-0.2, -0.15) is 0 Å². The Bertz CT molecular complexity index is 669. The van der Waals surface area contributed by atoms with E-state index in [0.717, 1.165) is 28.5 Å². The van der Waals surface area contributed by atoms with Crippen molar-refractivity contribution >= 4 is 16.3 Å². The minimum absolute atomic E-state index is 0.631. The fourth-order valence-corrected chi connectivity index (χ4v) is 3.09. The first-order valence-corrected chi connectivity index (χ1v) is 6.76. The van der Waals surface area contributed by atoms with E-state index in [9.17, 15) is 0 Å². The number of pyridine rings is 1. The van der Waals surface area contributed by atoms with Crippen LogP contribution in [0.2, 0.25) is 0 Å². The highest BCUT2D eigenvalue weighted by Crippen LogP contribution is 2.27. The highest BCUT2D eigenvalue weighted by Gasteiger charge is 2.14. The summed E-state index contributed by atoms with van der Waals surface area (Å²) in [5, 5.41) is 2.10. The molecule has 4 nitrogen and oxygen atoms in total. The van der Waals surface area contributed by atoms with Gasteiger partial charge in [-0.1, -0.05) is 6.07 Å². The summed E-state index contributed by atoms with van der Waals surface area (Å²) in [5.74, 6) is 0. The first-order chi connectivity index (χ1) is 8.81. The van der Waals surface area contributed by atoms with Crippen LogP contribution in [0, 0.1) is 6.92 Å². The minimum Gasteiger partial charge on any atom is -0.330 e. The average Bonchev–Trinajstić information content (AvgIpc) is 2.92. The Morgan fingerprint density at radius 2 is 2.28 bits per heavy atom. The Kier molecular flexibility index (Phi) is 2.85. The van der Waals surface area contributed by atoms with Gasteiger partial charge in [0.2, 0.25) is 0 Å². The van der Waals surface area contributed by atoms with Gasteiger partial charge in [0.05, 0.1) is 17.1 Å². The molecular weight excluding hydrogens is 244 g/mol. The number of hydrogen-bond donors (Lipinski definition) is 1. The molecular formula is C13H14N4S. The zero-order chi connectivity index (χ0) is 12.5. The highest BCUT2D eigenvalue weighted by atomic mass is 32.1. The topological polar surface area (TPSA) is 56.2 Å². The van der Waals surface area contributed by atoms with E-state index in [1.165, 1.54) is 5.69 Å². The number of imidazole rings is 1. The predicted octanol–water partition coefficient (Wildman–Crippen LogP) is 2.27. The maximum absolute atomic E-state index is 5.68. The van der Waals surface area contributed by atoms with E-state index in [2.05, 4.69) is 19.7 Å². The van der Waals surface area contributed by atoms with Gasteiger partial charge in [-0.05, 0) is 25.6 Å². The van der Waals surface area contributed by atoms with Crippen molar-refractivity contribution in [3.05, 3.63) is 41.2 Å². The fourth-order valence-electron chi connectivity index (χ4n) is 2.14. The third-order valence-corrected chi connectivity index (χ3v) is 3.79. The Hall–Kier alpha value is -1.72. The predicted molar refractivity (Wildman–Crippen MR) is 73.8 cm³/mol. The van der Waals surface area contributed by atoms with E-state index in [4.69, 9.17) is 5.73 Å². The largest absolute Gasteiger partial charge is 0.330 e. The molecule has 18 heavy (non-hydrogen) atoms. The van der Waals surface area contributed by atoms with Gasteiger partial charge in [-0.25, -0.2) is 4.98 Å². The number of nitrogens with two attached hydrogens (primary N) is 1. The smallest absolute Gasteiger partial charge is 0.194 e. The Morgan fingerprint density at radius 1 is 1.39 bits per heavy atom. The van der Waals surface area contributed by atoms with Crippen LogP contribution in [-0.4, -0.2) is 20.9 Å². The van der Waals surface area contributed by atoms with Crippen LogP contribution in [0.15, 0.2) is 29.8 Å². The number of thiazole rings is 1. The molecule has 2 N–H and O–H groups in total. The second kappa shape index (κ2) is 4.51. The van der Waals surface area contributed by atoms with Crippen molar-refractivity contribution in [1.82, 2.24) is 14.4 Å². The van der Waals surface area contributed by atoms with Crippen LogP contribution in [0.25, 0.3) is 16.3 Å². The van der Waals surface area contributed by atoms with Crippen molar-refractivity contribution in [1.29, 1.82) is 0 Å². The number of nitrogens with zero attached hydrogens (tertiary/aromatic N) is 3. The molecule has 0 amide bonds. The maximum atomic E-state index is 5.68. The van der Waals surface area contributed by atoms with Crippen LogP contribution in [0.1, 0.15) is 11.4 Å². The zero-order valence-corrected chi connectivity index (χ0v) is 10.9. The lowest BCUT2D eigenvalue weighted by Gasteiger charge is -2.03. The van der Waals surface area contributed by atoms with Gasteiger partial charge in [0, 0.05) is 23.7 Å². The van der Waals surface area contributed by atoms with Crippen molar-refractivity contribution in [2.45, 2.75) is 13.3 Å². The molecule has 0 radical (unpaired) electrons. The van der Waals surface area contributed by atoms with Gasteiger partial charge >= 0.3 is 0 Å². The summed E-state index contributed by atoms with van der Waals surface area (Å²) in [5.41, 5.74) is 10.0. The van der Waals surface area contributed by atoms with Crippen LogP contribution in [0.3, 0.4) is 0 Å². The molecule has 3 aromatic heterocycles. The molecule has 3 heterocycles. The van der Waals surface area contributed by atoms with Crippen LogP contribution < -0.4 is 5.73 Å². The molecule has 0 aliphatic heterocycles. The van der Waals surface area contributed by atoms with E-state index in [0.29, 0.717) is 6.54 Å². The molecule has 3 aromatic rings. The van der Waals surface area contributed by atoms with Gasteiger partial charge in [0.25, 0.3) is 0 Å². The second-order valence-electron chi connectivity index (χ2n) is 4.14. The summed E-state index contributed by atoms with van der Waals surface area (Å²) in [6.45, 7) is 2.67. The monoisotopic (exact) mass is 258 g/mol. The molecule has 3 rings (SSSR count). The van der Waals surface area contributed by atoms with Gasteiger partial charge < -0.3 is 5.73 Å². The number of hydrogen-bond acceptors (Lipinski definition) is 4. The second-order valence-corrected chi connectivity index (χ2v) is 4.97. The standard InChI is InChI=1S/C13H14N4S/c1-9-11(5-6-14)17-12(8-18-13(17)16-9)10-4-2-3-7-15-10/h2-4,7-8H,5-6,14H2,1H3. The summed E-state index contributed by atoms with van der Waals surface area (Å²) in [4.78, 5) is 10.00. The summed E-state index contributed by atoms with van der Waals surface area (Å²) in [7, 11) is 0. The van der Waals surface area contributed by atoms with Crippen molar-refractivity contribution in [3.63, 3.8) is 0 Å². The fraction of sp³-hybridized carbons (Fsp3) is 0.231. The molecule has 0 aromatic carbocycles. The van der Waals surface area contributed by atoms with Crippen molar-refractivity contribution in [2.24, 2.45) is 5.73 Å². The third kappa shape index (κ3) is 1.72. The molecule has 0 unspecified atom stereocenters. The van der Waals surface area contributed by atoms with Crippen LogP contribution in [0.5, 0.6) is 0 Å². The normalized spacial score (nSPS) is 11.2. The zero-order valence-electron chi connectivity index (χ0n) is 10.1. The van der Waals surface area contributed by atoms with E-state index in [1.807, 2.05) is 31.3 Å². The quantitative estimate of drug-likeness (QED) is 0.784. The molecule has 0 saturated carbocycles. The SMILES string of the molecule is Cc1nc2scc(-c3ccccn3)n2c1CCN. The molecule has 0 bridgehead atoms. The van der Waals surface area contributed by atoms with Gasteiger partial charge in [0.1, 0.15) is 0 Å². The van der Waals surface area contributed by atoms with Gasteiger partial charge in [-0.15, -0.1) is 11.3 Å². The lowest BCUT2D eigenvalue weighted by atomic mass is 10.2. The van der Waals surface area contributed by atoms with E-state index < -0.39 is 0 Å². The van der Waals surface area contributed by atoms with Gasteiger partial charge in [0.15, 0.2) is 4.96 Å². The van der Waals surface area contributed by atoms with E-state index in [1.54, 1.807) is 11.3 Å². The average molecular weight is 258 g/mol. The van der Waals surface area contributed by atoms with Crippen molar-refractivity contribution in [3.8, 4) is 11.4 Å². The molecule has 0 atom stereocenters. The summed E-state index contributed by atoms with van der Waals surface area (Å²) in [6.07, 6.45) is 2.65. The van der Waals surface area contributed by atoms with Crippen LogP contribution in [0.4, 0.5) is 0 Å². The number of aromatic nitrogens is 3. The summed E-state index contributed by atoms with van der Waals surface area (Å²) in [6, 6.07) is 5.94. The lowest BCUT2D eigenvalue weighted by Crippen LogP contribution is -2.06. The summed E-state index contributed by atoms with van der Waals surface area (Å²) >= 11 is 1.64. The first kappa shape index (κ1) is 11.4. The van der Waals surface area contributed by atoms with Crippen LogP contribution in [-0.2, 0) is 6.42 Å². The minimum atomic E-state index is 0.631. The van der Waals surface area contributed by atoms with Crippen molar-refractivity contribution in [2.75, 3.05) is 6.54 Å². The number of fused-ring (bicyclic) bond motifs is 1. The van der Waals surface area contributed by atoms with E-state index in [-0.39, 0.29) is 0 Å². The Morgan fingerprint density at radius 3 is 3.00 bits per heavy atom. The third-order valence-electron chi connectivity index (χ3n) is 2.97. The number of aryl methyl sites for hydroxylation is 1. The first-order valence-electron chi connectivity index (χ1n) is 5.88. The molecule has 0 aliphatic rings. The molecule has 5 heteroatoms. The maximum Gasteiger partial charge on any atom is 0.194 e. The lowest BCUT2D eigenvalue weighted by molar-refractivity contribution is 0.898. The molecule has 0 aliphatic carbocycles.